The largest absolute Gasteiger partial charge is 0.0973 e. The Kier molecular flexibility index (Phi) is 236000. The average Bonchev–Trinajstić information content (AvgIpc) is 2.20. The van der Waals surface area contributed by atoms with Gasteiger partial charge in [-0.25, -0.2) is 0 Å². The molecule has 0 aliphatic rings. The molecule has 0 aromatic rings. The smallest absolute Gasteiger partial charge is 0.0351 e. The molecule has 0 atom stereocenters. The van der Waals surface area contributed by atoms with Crippen molar-refractivity contribution in [1.29, 1.82) is 0 Å². The van der Waals surface area contributed by atoms with E-state index >= 15 is 0 Å². The number of hydrogen-bond donors (Lipinski definition) is 0. The van der Waals surface area contributed by atoms with E-state index in [1.54, 1.807) is 0 Å². The van der Waals surface area contributed by atoms with Gasteiger partial charge < -0.3 is 0 Å². The fourth-order valence-corrected chi connectivity index (χ4v) is 0. The van der Waals surface area contributed by atoms with Crippen molar-refractivity contribution in [2.24, 2.45) is 0 Å². The monoisotopic (exact) mass is 166 g/mol. The van der Waals surface area contributed by atoms with E-state index in [-0.39, 0.29) is 0 Å². The van der Waals surface area contributed by atoms with Crippen LogP contribution in [0.15, 0.2) is 0 Å². The van der Waals surface area contributed by atoms with Gasteiger partial charge in [-0.05, 0) is 5.87 Å². The van der Waals surface area contributed by atoms with Crippen LogP contribution in [0.3, 0.4) is 0 Å². The van der Waals surface area contributed by atoms with Crippen LogP contribution in [0.5, 0.6) is 0 Å². The molecule has 10 heavy (non-hydrogen) atoms. The van der Waals surface area contributed by atoms with E-state index in [4.69, 9.17) is 0 Å². The third kappa shape index (κ3) is 50200. The summed E-state index contributed by atoms with van der Waals surface area (Å²) in [7, 11) is 0. The van der Waals surface area contributed by atoms with Crippen LogP contribution in [0, 0.1) is 0 Å². The summed E-state index contributed by atoms with van der Waals surface area (Å²) in [6.45, 7) is 16.0. The summed E-state index contributed by atoms with van der Waals surface area (Å²) in [5, 5.41) is 0. The van der Waals surface area contributed by atoms with Crippen molar-refractivity contribution in [1.82, 2.24) is 0 Å². The van der Waals surface area contributed by atoms with Crippen molar-refractivity contribution >= 4 is 18.1 Å². The molecule has 0 spiro atoms. The maximum atomic E-state index is 3.83. The van der Waals surface area contributed by atoms with Gasteiger partial charge in [-0.3, -0.25) is 0 Å². The highest BCUT2D eigenvalue weighted by Gasteiger charge is 0.938. The SMILES string of the molecule is C=S.CC.CC.CC.CC. The van der Waals surface area contributed by atoms with E-state index in [0.29, 0.717) is 0 Å². The molecule has 0 unspecified atom stereocenters. The molecule has 0 bridgehead atoms. The fraction of sp³-hybridized carbons (Fsp3) is 0.889. The Morgan fingerprint density at radius 3 is 0.500 bits per heavy atom. The van der Waals surface area contributed by atoms with E-state index in [1.165, 1.54) is 0 Å². The summed E-state index contributed by atoms with van der Waals surface area (Å²) < 4.78 is 0. The highest BCUT2D eigenvalue weighted by atomic mass is 32.1. The third-order valence-electron chi connectivity index (χ3n) is 0. The maximum Gasteiger partial charge on any atom is -0.0351 e. The lowest BCUT2D eigenvalue weighted by Gasteiger charge is -1.07. The number of hydrogen-bond acceptors (Lipinski definition) is 1. The van der Waals surface area contributed by atoms with E-state index < -0.39 is 0 Å². The Hall–Kier alpha value is 0.0900. The van der Waals surface area contributed by atoms with Crippen LogP contribution in [-0.2, 0) is 0 Å². The quantitative estimate of drug-likeness (QED) is 0.469. The molecule has 0 heterocycles. The van der Waals surface area contributed by atoms with E-state index in [2.05, 4.69) is 18.1 Å². The molecule has 0 saturated heterocycles. The van der Waals surface area contributed by atoms with Gasteiger partial charge in [-0.2, -0.15) is 0 Å². The van der Waals surface area contributed by atoms with Crippen molar-refractivity contribution in [2.45, 2.75) is 55.4 Å². The molecular weight excluding hydrogens is 140 g/mol. The molecule has 0 radical (unpaired) electrons. The zero-order valence-corrected chi connectivity index (χ0v) is 9.93. The summed E-state index contributed by atoms with van der Waals surface area (Å²) in [6.07, 6.45) is 0. The summed E-state index contributed by atoms with van der Waals surface area (Å²) in [5.74, 6) is 2.83. The summed E-state index contributed by atoms with van der Waals surface area (Å²) in [5.41, 5.74) is 0. The molecular formula is C9H26S. The minimum Gasteiger partial charge on any atom is -0.0973 e. The molecule has 0 saturated carbocycles. The van der Waals surface area contributed by atoms with Crippen LogP contribution in [-0.4, -0.2) is 5.87 Å². The lowest BCUT2D eigenvalue weighted by atomic mass is 11.0. The van der Waals surface area contributed by atoms with Crippen molar-refractivity contribution in [2.75, 3.05) is 0 Å². The second-order valence-electron chi connectivity index (χ2n) is 0. The molecule has 0 aliphatic carbocycles. The molecule has 0 aromatic heterocycles. The van der Waals surface area contributed by atoms with E-state index in [9.17, 15) is 0 Å². The zero-order valence-electron chi connectivity index (χ0n) is 9.12. The zero-order chi connectivity index (χ0) is 10.0. The highest BCUT2D eigenvalue weighted by Crippen LogP contribution is 1.15. The Bertz CT molecular complexity index is 4.69. The van der Waals surface area contributed by atoms with Gasteiger partial charge in [0.05, 0.1) is 0 Å². The first-order chi connectivity index (χ1) is 5.00. The third-order valence-corrected chi connectivity index (χ3v) is 0. The Morgan fingerprint density at radius 2 is 0.500 bits per heavy atom. The molecule has 0 N–H and O–H groups in total. The lowest BCUT2D eigenvalue weighted by Crippen LogP contribution is -0.856. The Morgan fingerprint density at radius 1 is 0.500 bits per heavy atom. The van der Waals surface area contributed by atoms with E-state index in [1.807, 2.05) is 55.4 Å². The fourth-order valence-electron chi connectivity index (χ4n) is 0. The topological polar surface area (TPSA) is 0 Å². The Labute approximate surface area is 74.0 Å². The minimum atomic E-state index is 2.00. The molecule has 68 valence electrons. The van der Waals surface area contributed by atoms with Gasteiger partial charge in [0.2, 0.25) is 0 Å². The van der Waals surface area contributed by atoms with Crippen molar-refractivity contribution < 1.29 is 0 Å². The van der Waals surface area contributed by atoms with Gasteiger partial charge in [-0.15, -0.1) is 0 Å². The lowest BCUT2D eigenvalue weighted by molar-refractivity contribution is 1.50. The second-order valence-corrected chi connectivity index (χ2v) is 0. The normalized spacial score (nSPS) is 2.80. The van der Waals surface area contributed by atoms with Crippen LogP contribution < -0.4 is 0 Å². The molecule has 0 aliphatic heterocycles. The van der Waals surface area contributed by atoms with Crippen LogP contribution in [0.4, 0.5) is 0 Å². The summed E-state index contributed by atoms with van der Waals surface area (Å²) >= 11 is 3.83. The Balaban J connectivity index is -0.0000000104. The summed E-state index contributed by atoms with van der Waals surface area (Å²) in [6, 6.07) is 0. The number of thiocarbonyl (C=S) groups is 1. The summed E-state index contributed by atoms with van der Waals surface area (Å²) in [4.78, 5) is 0. The van der Waals surface area contributed by atoms with Crippen LogP contribution in [0.2, 0.25) is 0 Å². The van der Waals surface area contributed by atoms with Gasteiger partial charge in [0.15, 0.2) is 0 Å². The van der Waals surface area contributed by atoms with Crippen LogP contribution in [0.25, 0.3) is 0 Å². The van der Waals surface area contributed by atoms with Gasteiger partial charge in [0.25, 0.3) is 0 Å². The molecule has 0 aromatic carbocycles. The second kappa shape index (κ2) is 73400. The van der Waals surface area contributed by atoms with Gasteiger partial charge in [-0.1, -0.05) is 67.6 Å². The first-order valence-electron chi connectivity index (χ1n) is 4.29. The molecule has 0 fully saturated rings. The minimum absolute atomic E-state index is 2.00. The average molecular weight is 166 g/mol. The van der Waals surface area contributed by atoms with Crippen molar-refractivity contribution in [3.05, 3.63) is 0 Å². The predicted molar refractivity (Wildman–Crippen MR) is 60.1 cm³/mol. The van der Waals surface area contributed by atoms with Crippen LogP contribution in [0.1, 0.15) is 55.4 Å². The van der Waals surface area contributed by atoms with Crippen molar-refractivity contribution in [3.8, 4) is 0 Å². The molecule has 0 amide bonds. The first-order valence-corrected chi connectivity index (χ1v) is 4.87. The highest BCUT2D eigenvalue weighted by molar-refractivity contribution is 7.77. The number of rotatable bonds is 0. The van der Waals surface area contributed by atoms with Crippen molar-refractivity contribution in [3.63, 3.8) is 0 Å². The van der Waals surface area contributed by atoms with E-state index in [0.717, 1.165) is 0 Å². The predicted octanol–water partition coefficient (Wildman–Crippen LogP) is 4.72. The molecule has 1 heteroatoms. The van der Waals surface area contributed by atoms with Gasteiger partial charge in [0.1, 0.15) is 0 Å². The van der Waals surface area contributed by atoms with Gasteiger partial charge >= 0.3 is 0 Å². The van der Waals surface area contributed by atoms with Gasteiger partial charge in [0, 0.05) is 0 Å². The molecule has 0 rings (SSSR count). The first kappa shape index (κ1) is 32.2. The maximum absolute atomic E-state index is 3.83. The molecule has 0 nitrogen and oxygen atoms in total. The van der Waals surface area contributed by atoms with Crippen LogP contribution >= 0.6 is 12.2 Å². The standard InChI is InChI=1S/4C2H6.CH2S/c5*1-2/h4*1-2H3;1H2.